The maximum Gasteiger partial charge on any atom is 0.339 e. The minimum atomic E-state index is -1.07. The van der Waals surface area contributed by atoms with Crippen molar-refractivity contribution in [2.45, 2.75) is 25.4 Å². The third kappa shape index (κ3) is 4.49. The third-order valence-corrected chi connectivity index (χ3v) is 4.51. The Balaban J connectivity index is 1.85. The Morgan fingerprint density at radius 3 is 2.37 bits per heavy atom. The lowest BCUT2D eigenvalue weighted by Crippen LogP contribution is -2.40. The normalized spacial score (nSPS) is 15.0. The number of rotatable bonds is 5. The highest BCUT2D eigenvalue weighted by Gasteiger charge is 2.30. The van der Waals surface area contributed by atoms with Crippen LogP contribution < -0.4 is 0 Å². The molecular formula is C20H20N2O5. The highest BCUT2D eigenvalue weighted by atomic mass is 16.6. The molecule has 1 heterocycles. The summed E-state index contributed by atoms with van der Waals surface area (Å²) in [5.41, 5.74) is 0.409. The molecule has 1 saturated heterocycles. The molecule has 0 N–H and O–H groups in total. The summed E-state index contributed by atoms with van der Waals surface area (Å²) < 4.78 is 5.52. The minimum Gasteiger partial charge on any atom is -0.444 e. The van der Waals surface area contributed by atoms with Crippen LogP contribution in [0.3, 0.4) is 0 Å². The molecule has 1 aliphatic heterocycles. The fourth-order valence-corrected chi connectivity index (χ4v) is 3.09. The van der Waals surface area contributed by atoms with E-state index >= 15 is 0 Å². The molecule has 0 aliphatic carbocycles. The van der Waals surface area contributed by atoms with E-state index in [1.165, 1.54) is 18.2 Å². The summed E-state index contributed by atoms with van der Waals surface area (Å²) in [6, 6.07) is 14.1. The van der Waals surface area contributed by atoms with Gasteiger partial charge in [-0.2, -0.15) is 0 Å². The zero-order chi connectivity index (χ0) is 19.2. The van der Waals surface area contributed by atoms with Gasteiger partial charge in [-0.05, 0) is 25.3 Å². The van der Waals surface area contributed by atoms with Crippen LogP contribution in [0, 0.1) is 10.1 Å². The molecule has 7 nitrogen and oxygen atoms in total. The summed E-state index contributed by atoms with van der Waals surface area (Å²) in [6.07, 6.45) is 1.85. The Labute approximate surface area is 156 Å². The van der Waals surface area contributed by atoms with Gasteiger partial charge in [0.25, 0.3) is 11.6 Å². The summed E-state index contributed by atoms with van der Waals surface area (Å²) in [5, 5.41) is 10.9. The molecule has 2 aromatic rings. The number of benzene rings is 2. The molecule has 1 amide bonds. The van der Waals surface area contributed by atoms with E-state index in [2.05, 4.69) is 0 Å². The number of esters is 1. The second-order valence-corrected chi connectivity index (χ2v) is 6.39. The Morgan fingerprint density at radius 2 is 1.70 bits per heavy atom. The predicted molar refractivity (Wildman–Crippen MR) is 98.1 cm³/mol. The predicted octanol–water partition coefficient (Wildman–Crippen LogP) is 3.51. The smallest absolute Gasteiger partial charge is 0.339 e. The molecule has 1 atom stereocenters. The van der Waals surface area contributed by atoms with E-state index < -0.39 is 17.0 Å². The molecule has 1 aliphatic rings. The molecule has 2 aromatic carbocycles. The number of likely N-dealkylation sites (tertiary alicyclic amines) is 1. The summed E-state index contributed by atoms with van der Waals surface area (Å²) in [5.74, 6) is -1.03. The SMILES string of the molecule is O=C(O[C@H](C(=O)N1CCCCC1)c1ccccc1)c1cccc([N+](=O)[O-])c1. The van der Waals surface area contributed by atoms with Crippen LogP contribution >= 0.6 is 0 Å². The van der Waals surface area contributed by atoms with Gasteiger partial charge in [0.2, 0.25) is 6.10 Å². The maximum absolute atomic E-state index is 13.0. The molecule has 27 heavy (non-hydrogen) atoms. The molecule has 0 saturated carbocycles. The first-order chi connectivity index (χ1) is 13.1. The molecule has 1 fully saturated rings. The maximum atomic E-state index is 13.0. The Bertz CT molecular complexity index is 831. The Morgan fingerprint density at radius 1 is 1.00 bits per heavy atom. The zero-order valence-electron chi connectivity index (χ0n) is 14.7. The second kappa shape index (κ2) is 8.44. The molecule has 0 aromatic heterocycles. The molecule has 7 heteroatoms. The number of carbonyl (C=O) groups is 2. The number of non-ortho nitro benzene ring substituents is 1. The highest BCUT2D eigenvalue weighted by Crippen LogP contribution is 2.24. The first kappa shape index (κ1) is 18.6. The van der Waals surface area contributed by atoms with Crippen LogP contribution in [0.15, 0.2) is 54.6 Å². The first-order valence-corrected chi connectivity index (χ1v) is 8.85. The Kier molecular flexibility index (Phi) is 5.80. The van der Waals surface area contributed by atoms with Crippen LogP contribution in [0.2, 0.25) is 0 Å². The average Bonchev–Trinajstić information content (AvgIpc) is 2.72. The molecule has 3 rings (SSSR count). The third-order valence-electron chi connectivity index (χ3n) is 4.51. The number of amides is 1. The first-order valence-electron chi connectivity index (χ1n) is 8.85. The van der Waals surface area contributed by atoms with Crippen molar-refractivity contribution >= 4 is 17.6 Å². The van der Waals surface area contributed by atoms with Crippen LogP contribution in [-0.4, -0.2) is 34.8 Å². The molecule has 140 valence electrons. The number of piperidine rings is 1. The van der Waals surface area contributed by atoms with Crippen LogP contribution in [0.4, 0.5) is 5.69 Å². The summed E-state index contributed by atoms with van der Waals surface area (Å²) in [4.78, 5) is 37.6. The lowest BCUT2D eigenvalue weighted by Gasteiger charge is -2.30. The van der Waals surface area contributed by atoms with Gasteiger partial charge in [-0.25, -0.2) is 4.79 Å². The van der Waals surface area contributed by atoms with Crippen molar-refractivity contribution < 1.29 is 19.2 Å². The van der Waals surface area contributed by atoms with Crippen molar-refractivity contribution in [2.24, 2.45) is 0 Å². The Hall–Kier alpha value is -3.22. The minimum absolute atomic E-state index is 0.0385. The molecule has 0 spiro atoms. The van der Waals surface area contributed by atoms with Crippen LogP contribution in [0.5, 0.6) is 0 Å². The van der Waals surface area contributed by atoms with E-state index in [0.29, 0.717) is 18.7 Å². The molecule has 0 radical (unpaired) electrons. The van der Waals surface area contributed by atoms with Gasteiger partial charge in [0.15, 0.2) is 0 Å². The van der Waals surface area contributed by atoms with Gasteiger partial charge in [0.05, 0.1) is 10.5 Å². The lowest BCUT2D eigenvalue weighted by atomic mass is 10.1. The van der Waals surface area contributed by atoms with Crippen LogP contribution in [0.25, 0.3) is 0 Å². The van der Waals surface area contributed by atoms with Crippen molar-refractivity contribution in [2.75, 3.05) is 13.1 Å². The molecule has 0 unspecified atom stereocenters. The van der Waals surface area contributed by atoms with Gasteiger partial charge in [-0.1, -0.05) is 36.4 Å². The number of nitro benzene ring substituents is 1. The number of hydrogen-bond donors (Lipinski definition) is 0. The average molecular weight is 368 g/mol. The van der Waals surface area contributed by atoms with Crippen molar-refractivity contribution in [3.63, 3.8) is 0 Å². The fraction of sp³-hybridized carbons (Fsp3) is 0.300. The van der Waals surface area contributed by atoms with Crippen LogP contribution in [-0.2, 0) is 9.53 Å². The summed E-state index contributed by atoms with van der Waals surface area (Å²) >= 11 is 0. The number of hydrogen-bond acceptors (Lipinski definition) is 5. The van der Waals surface area contributed by atoms with Gasteiger partial charge in [-0.15, -0.1) is 0 Å². The molecular weight excluding hydrogens is 348 g/mol. The molecule has 0 bridgehead atoms. The van der Waals surface area contributed by atoms with Crippen molar-refractivity contribution in [3.05, 3.63) is 75.8 Å². The van der Waals surface area contributed by atoms with Gasteiger partial charge in [0, 0.05) is 30.8 Å². The van der Waals surface area contributed by atoms with Gasteiger partial charge in [0.1, 0.15) is 0 Å². The van der Waals surface area contributed by atoms with E-state index in [1.54, 1.807) is 29.2 Å². The van der Waals surface area contributed by atoms with Crippen LogP contribution in [0.1, 0.15) is 41.3 Å². The van der Waals surface area contributed by atoms with E-state index in [1.807, 2.05) is 6.07 Å². The number of nitrogens with zero attached hydrogens (tertiary/aromatic N) is 2. The summed E-state index contributed by atoms with van der Waals surface area (Å²) in [7, 11) is 0. The quantitative estimate of drug-likeness (QED) is 0.458. The standard InChI is InChI=1S/C20H20N2O5/c23-19(21-12-5-2-6-13-21)18(15-8-3-1-4-9-15)27-20(24)16-10-7-11-17(14-16)22(25)26/h1,3-4,7-11,14,18H,2,5-6,12-13H2/t18-/m0/s1. The van der Waals surface area contributed by atoms with E-state index in [0.717, 1.165) is 25.3 Å². The zero-order valence-corrected chi connectivity index (χ0v) is 14.7. The van der Waals surface area contributed by atoms with Crippen molar-refractivity contribution in [1.29, 1.82) is 0 Å². The number of carbonyl (C=O) groups excluding carboxylic acids is 2. The summed E-state index contributed by atoms with van der Waals surface area (Å²) in [6.45, 7) is 1.27. The number of ether oxygens (including phenoxy) is 1. The van der Waals surface area contributed by atoms with Gasteiger partial charge in [-0.3, -0.25) is 14.9 Å². The largest absolute Gasteiger partial charge is 0.444 e. The topological polar surface area (TPSA) is 89.8 Å². The highest BCUT2D eigenvalue weighted by molar-refractivity contribution is 5.93. The lowest BCUT2D eigenvalue weighted by molar-refractivity contribution is -0.384. The number of nitro groups is 1. The van der Waals surface area contributed by atoms with Gasteiger partial charge < -0.3 is 9.64 Å². The van der Waals surface area contributed by atoms with Crippen molar-refractivity contribution in [1.82, 2.24) is 4.90 Å². The second-order valence-electron chi connectivity index (χ2n) is 6.39. The fourth-order valence-electron chi connectivity index (χ4n) is 3.09. The monoisotopic (exact) mass is 368 g/mol. The van der Waals surface area contributed by atoms with E-state index in [4.69, 9.17) is 4.74 Å². The van der Waals surface area contributed by atoms with Gasteiger partial charge >= 0.3 is 5.97 Å². The van der Waals surface area contributed by atoms with Crippen molar-refractivity contribution in [3.8, 4) is 0 Å². The van der Waals surface area contributed by atoms with E-state index in [-0.39, 0.29) is 17.2 Å². The van der Waals surface area contributed by atoms with E-state index in [9.17, 15) is 19.7 Å².